The third kappa shape index (κ3) is 7.95. The summed E-state index contributed by atoms with van der Waals surface area (Å²) in [6.45, 7) is 7.57. The second-order valence-electron chi connectivity index (χ2n) is 10.2. The maximum Gasteiger partial charge on any atom is 0.239 e. The number of fused-ring (bicyclic) bond motifs is 1. The van der Waals surface area contributed by atoms with E-state index < -0.39 is 5.91 Å². The summed E-state index contributed by atoms with van der Waals surface area (Å²) in [4.78, 5) is 22.8. The molecule has 3 aromatic rings. The normalized spacial score (nSPS) is 13.3. The average molecular weight is 568 g/mol. The van der Waals surface area contributed by atoms with Crippen molar-refractivity contribution in [2.45, 2.75) is 20.3 Å². The molecule has 0 radical (unpaired) electrons. The van der Waals surface area contributed by atoms with Crippen molar-refractivity contribution in [3.8, 4) is 11.5 Å². The minimum Gasteiger partial charge on any atom is -0.493 e. The van der Waals surface area contributed by atoms with Crippen LogP contribution in [-0.4, -0.2) is 83.9 Å². The number of nitrogens with one attached hydrogen (secondary N) is 1. The third-order valence-electron chi connectivity index (χ3n) is 6.47. The van der Waals surface area contributed by atoms with Gasteiger partial charge in [0.2, 0.25) is 5.91 Å². The number of nitrogens with zero attached hydrogens (tertiary/aromatic N) is 5. The molecule has 4 rings (SSSR count). The molecular formula is C29H38FN7O4. The highest BCUT2D eigenvalue weighted by molar-refractivity contribution is 5.92. The summed E-state index contributed by atoms with van der Waals surface area (Å²) in [7, 11) is 1.58. The molecule has 0 saturated heterocycles. The SMILES string of the molecule is COc1cc2c(NC3=CN(CC(N)=O)N(c4cccc(F)c4)C3)ncnc2cc1OCCCN(CCO)CC(C)C. The molecule has 1 aliphatic heterocycles. The molecule has 0 atom stereocenters. The molecule has 0 saturated carbocycles. The molecule has 2 heterocycles. The van der Waals surface area contributed by atoms with E-state index in [-0.39, 0.29) is 19.0 Å². The number of nitrogens with two attached hydrogens (primary N) is 1. The van der Waals surface area contributed by atoms with Crippen molar-refractivity contribution in [1.82, 2.24) is 19.9 Å². The lowest BCUT2D eigenvalue weighted by atomic mass is 10.2. The monoisotopic (exact) mass is 567 g/mol. The van der Waals surface area contributed by atoms with E-state index in [2.05, 4.69) is 34.0 Å². The predicted molar refractivity (Wildman–Crippen MR) is 156 cm³/mol. The molecule has 2 aromatic carbocycles. The minimum absolute atomic E-state index is 0.0734. The van der Waals surface area contributed by atoms with E-state index in [1.165, 1.54) is 18.5 Å². The van der Waals surface area contributed by atoms with Crippen LogP contribution in [-0.2, 0) is 4.79 Å². The minimum atomic E-state index is -0.519. The first kappa shape index (κ1) is 29.8. The van der Waals surface area contributed by atoms with Gasteiger partial charge in [0.05, 0.1) is 43.8 Å². The number of amides is 1. The largest absolute Gasteiger partial charge is 0.493 e. The van der Waals surface area contributed by atoms with Gasteiger partial charge in [0.1, 0.15) is 24.5 Å². The number of hydrogen-bond acceptors (Lipinski definition) is 10. The summed E-state index contributed by atoms with van der Waals surface area (Å²) in [5.41, 5.74) is 7.43. The number of aromatic nitrogens is 2. The zero-order valence-electron chi connectivity index (χ0n) is 23.7. The molecule has 1 aromatic heterocycles. The highest BCUT2D eigenvalue weighted by Crippen LogP contribution is 2.35. The second-order valence-corrected chi connectivity index (χ2v) is 10.2. The van der Waals surface area contributed by atoms with E-state index in [1.807, 2.05) is 12.1 Å². The second kappa shape index (κ2) is 14.0. The number of hydrazine groups is 1. The number of ether oxygens (including phenoxy) is 2. The maximum atomic E-state index is 13.9. The van der Waals surface area contributed by atoms with Gasteiger partial charge in [0.25, 0.3) is 0 Å². The predicted octanol–water partition coefficient (Wildman–Crippen LogP) is 2.97. The standard InChI is InChI=1S/C29H38FN7O4/c1-20(2)15-35(9-10-38)8-5-11-41-27-14-25-24(13-26(27)40-3)29(33-19-32-25)34-22-16-36(18-28(31)39)37(17-22)23-7-4-6-21(30)12-23/h4,6-7,12-14,16,19-20,38H,5,8-11,15,17-18H2,1-3H3,(H2,31,39)(H,32,33,34). The van der Waals surface area contributed by atoms with Crippen molar-refractivity contribution in [2.24, 2.45) is 11.7 Å². The van der Waals surface area contributed by atoms with Gasteiger partial charge < -0.3 is 30.5 Å². The number of hydrogen-bond donors (Lipinski definition) is 3. The molecule has 1 aliphatic rings. The zero-order chi connectivity index (χ0) is 29.4. The Morgan fingerprint density at radius 1 is 1.22 bits per heavy atom. The number of methoxy groups -OCH3 is 1. The number of aliphatic hydroxyl groups is 1. The van der Waals surface area contributed by atoms with E-state index in [0.717, 1.165) is 25.2 Å². The molecule has 0 spiro atoms. The number of rotatable bonds is 15. The molecular weight excluding hydrogens is 529 g/mol. The van der Waals surface area contributed by atoms with Crippen molar-refractivity contribution < 1.29 is 23.8 Å². The molecule has 11 nitrogen and oxygen atoms in total. The fraction of sp³-hybridized carbons (Fsp3) is 0.414. The number of anilines is 2. The van der Waals surface area contributed by atoms with E-state index in [1.54, 1.807) is 35.5 Å². The molecule has 4 N–H and O–H groups in total. The molecule has 12 heteroatoms. The van der Waals surface area contributed by atoms with Gasteiger partial charge in [-0.2, -0.15) is 0 Å². The molecule has 0 fully saturated rings. The van der Waals surface area contributed by atoms with Crippen molar-refractivity contribution in [2.75, 3.05) is 63.4 Å². The number of aliphatic hydroxyl groups excluding tert-OH is 1. The third-order valence-corrected chi connectivity index (χ3v) is 6.47. The Kier molecular flexibility index (Phi) is 10.1. The number of carbonyl (C=O) groups excluding carboxylic acids is 1. The van der Waals surface area contributed by atoms with Gasteiger partial charge >= 0.3 is 0 Å². The molecule has 1 amide bonds. The Labute approximate surface area is 239 Å². The van der Waals surface area contributed by atoms with Crippen LogP contribution >= 0.6 is 0 Å². The Balaban J connectivity index is 1.49. The van der Waals surface area contributed by atoms with Crippen molar-refractivity contribution in [3.05, 3.63) is 60.4 Å². The van der Waals surface area contributed by atoms with E-state index in [9.17, 15) is 14.3 Å². The number of primary amides is 1. The van der Waals surface area contributed by atoms with E-state index in [0.29, 0.717) is 59.5 Å². The van der Waals surface area contributed by atoms with Gasteiger partial charge in [-0.25, -0.2) is 14.4 Å². The van der Waals surface area contributed by atoms with Crippen LogP contribution in [0.1, 0.15) is 20.3 Å². The summed E-state index contributed by atoms with van der Waals surface area (Å²) in [6.07, 6.45) is 4.00. The lowest BCUT2D eigenvalue weighted by Crippen LogP contribution is -2.41. The van der Waals surface area contributed by atoms with Gasteiger partial charge in [-0.1, -0.05) is 19.9 Å². The van der Waals surface area contributed by atoms with Crippen LogP contribution in [0.3, 0.4) is 0 Å². The van der Waals surface area contributed by atoms with Gasteiger partial charge in [0, 0.05) is 37.3 Å². The lowest BCUT2D eigenvalue weighted by Gasteiger charge is -2.29. The average Bonchev–Trinajstić information content (AvgIpc) is 3.31. The van der Waals surface area contributed by atoms with Crippen LogP contribution in [0.2, 0.25) is 0 Å². The zero-order valence-corrected chi connectivity index (χ0v) is 23.7. The van der Waals surface area contributed by atoms with E-state index >= 15 is 0 Å². The van der Waals surface area contributed by atoms with Crippen LogP contribution in [0.5, 0.6) is 11.5 Å². The van der Waals surface area contributed by atoms with Gasteiger partial charge in [0.15, 0.2) is 11.5 Å². The summed E-state index contributed by atoms with van der Waals surface area (Å²) in [5.74, 6) is 1.28. The van der Waals surface area contributed by atoms with Crippen LogP contribution in [0, 0.1) is 11.7 Å². The summed E-state index contributed by atoms with van der Waals surface area (Å²) >= 11 is 0. The number of halogens is 1. The first-order valence-corrected chi connectivity index (χ1v) is 13.6. The summed E-state index contributed by atoms with van der Waals surface area (Å²) in [6, 6.07) is 9.77. The van der Waals surface area contributed by atoms with Crippen molar-refractivity contribution in [3.63, 3.8) is 0 Å². The molecule has 0 bridgehead atoms. The van der Waals surface area contributed by atoms with Crippen LogP contribution in [0.4, 0.5) is 15.9 Å². The maximum absolute atomic E-state index is 13.9. The topological polar surface area (TPSA) is 129 Å². The highest BCUT2D eigenvalue weighted by Gasteiger charge is 2.25. The van der Waals surface area contributed by atoms with Crippen LogP contribution in [0.25, 0.3) is 10.9 Å². The lowest BCUT2D eigenvalue weighted by molar-refractivity contribution is -0.118. The first-order valence-electron chi connectivity index (χ1n) is 13.6. The number of benzene rings is 2. The van der Waals surface area contributed by atoms with Crippen LogP contribution in [0.15, 0.2) is 54.6 Å². The Bertz CT molecular complexity index is 1370. The molecule has 0 aliphatic carbocycles. The van der Waals surface area contributed by atoms with Gasteiger partial charge in [-0.3, -0.25) is 14.8 Å². The number of carbonyl (C=O) groups is 1. The van der Waals surface area contributed by atoms with Crippen molar-refractivity contribution in [1.29, 1.82) is 0 Å². The summed E-state index contributed by atoms with van der Waals surface area (Å²) in [5, 5.41) is 16.8. The first-order chi connectivity index (χ1) is 19.8. The van der Waals surface area contributed by atoms with Gasteiger partial charge in [-0.15, -0.1) is 0 Å². The molecule has 220 valence electrons. The molecule has 0 unspecified atom stereocenters. The quantitative estimate of drug-likeness (QED) is 0.236. The van der Waals surface area contributed by atoms with E-state index in [4.69, 9.17) is 15.2 Å². The Morgan fingerprint density at radius 3 is 2.76 bits per heavy atom. The smallest absolute Gasteiger partial charge is 0.239 e. The van der Waals surface area contributed by atoms with Gasteiger partial charge in [-0.05, 0) is 36.6 Å². The Hall–Kier alpha value is -4.16. The Morgan fingerprint density at radius 2 is 2.05 bits per heavy atom. The molecule has 41 heavy (non-hydrogen) atoms. The van der Waals surface area contributed by atoms with Crippen LogP contribution < -0.4 is 25.5 Å². The summed E-state index contributed by atoms with van der Waals surface area (Å²) < 4.78 is 25.6. The highest BCUT2D eigenvalue weighted by atomic mass is 19.1. The fourth-order valence-electron chi connectivity index (χ4n) is 4.79. The fourth-order valence-corrected chi connectivity index (χ4v) is 4.79. The van der Waals surface area contributed by atoms with Crippen molar-refractivity contribution >= 4 is 28.3 Å².